The Bertz CT molecular complexity index is 771. The van der Waals surface area contributed by atoms with Crippen LogP contribution in [-0.4, -0.2) is 24.1 Å². The average molecular weight is 279 g/mol. The summed E-state index contributed by atoms with van der Waals surface area (Å²) >= 11 is 0. The first kappa shape index (κ1) is 13.5. The minimum absolute atomic E-state index is 0.470. The van der Waals surface area contributed by atoms with E-state index in [2.05, 4.69) is 39.6 Å². The summed E-state index contributed by atoms with van der Waals surface area (Å²) in [6, 6.07) is 16.4. The van der Waals surface area contributed by atoms with Gasteiger partial charge in [-0.2, -0.15) is 0 Å². The highest BCUT2D eigenvalue weighted by Gasteiger charge is 2.07. The highest BCUT2D eigenvalue weighted by Crippen LogP contribution is 2.23. The monoisotopic (exact) mass is 279 g/mol. The smallest absolute Gasteiger partial charge is 0.161 e. The molecule has 1 aromatic heterocycles. The molecule has 0 aliphatic heterocycles. The van der Waals surface area contributed by atoms with Gasteiger partial charge in [0.25, 0.3) is 0 Å². The van der Waals surface area contributed by atoms with Gasteiger partial charge in [-0.25, -0.2) is 9.97 Å². The molecule has 0 aliphatic rings. The molecule has 0 unspecified atom stereocenters. The van der Waals surface area contributed by atoms with Crippen molar-refractivity contribution in [2.75, 3.05) is 19.5 Å². The van der Waals surface area contributed by atoms with Crippen LogP contribution in [-0.2, 0) is 11.3 Å². The van der Waals surface area contributed by atoms with Gasteiger partial charge >= 0.3 is 0 Å². The van der Waals surface area contributed by atoms with Crippen molar-refractivity contribution in [3.8, 4) is 11.4 Å². The van der Waals surface area contributed by atoms with Gasteiger partial charge in [0.05, 0.1) is 12.3 Å². The Morgan fingerprint density at radius 1 is 1.00 bits per heavy atom. The molecule has 0 saturated heterocycles. The Balaban J connectivity index is 2.10. The van der Waals surface area contributed by atoms with E-state index in [1.54, 1.807) is 7.11 Å². The van der Waals surface area contributed by atoms with Gasteiger partial charge in [0.2, 0.25) is 0 Å². The maximum Gasteiger partial charge on any atom is 0.161 e. The fourth-order valence-electron chi connectivity index (χ4n) is 2.30. The molecule has 3 aromatic rings. The summed E-state index contributed by atoms with van der Waals surface area (Å²) in [6.45, 7) is 0.470. The molecular formula is C17H17N3O. The van der Waals surface area contributed by atoms with E-state index in [1.165, 1.54) is 10.8 Å². The van der Waals surface area contributed by atoms with Gasteiger partial charge in [0.15, 0.2) is 5.82 Å². The summed E-state index contributed by atoms with van der Waals surface area (Å²) in [6.07, 6.45) is 0. The van der Waals surface area contributed by atoms with Gasteiger partial charge in [-0.05, 0) is 16.8 Å². The standard InChI is InChI=1S/C17H17N3O/c1-18-16-10-15(11-21-2)19-17(20-16)14-8-7-12-5-3-4-6-13(12)9-14/h3-10H,11H2,1-2H3,(H,18,19,20). The summed E-state index contributed by atoms with van der Waals surface area (Å²) < 4.78 is 5.17. The van der Waals surface area contributed by atoms with Crippen LogP contribution in [0.4, 0.5) is 5.82 Å². The number of hydrogen-bond donors (Lipinski definition) is 1. The van der Waals surface area contributed by atoms with E-state index in [9.17, 15) is 0 Å². The van der Waals surface area contributed by atoms with E-state index >= 15 is 0 Å². The van der Waals surface area contributed by atoms with Gasteiger partial charge in [0.1, 0.15) is 5.82 Å². The number of rotatable bonds is 4. The summed E-state index contributed by atoms with van der Waals surface area (Å²) in [5, 5.41) is 5.46. The van der Waals surface area contributed by atoms with E-state index < -0.39 is 0 Å². The lowest BCUT2D eigenvalue weighted by Crippen LogP contribution is -2.01. The number of fused-ring (bicyclic) bond motifs is 1. The number of anilines is 1. The molecule has 0 atom stereocenters. The predicted octanol–water partition coefficient (Wildman–Crippen LogP) is 3.48. The molecule has 21 heavy (non-hydrogen) atoms. The van der Waals surface area contributed by atoms with Crippen molar-refractivity contribution in [1.82, 2.24) is 9.97 Å². The predicted molar refractivity (Wildman–Crippen MR) is 85.2 cm³/mol. The zero-order chi connectivity index (χ0) is 14.7. The molecule has 3 rings (SSSR count). The lowest BCUT2D eigenvalue weighted by atomic mass is 10.1. The van der Waals surface area contributed by atoms with Crippen LogP contribution in [0.15, 0.2) is 48.5 Å². The van der Waals surface area contributed by atoms with Crippen LogP contribution in [0.5, 0.6) is 0 Å². The third-order valence-electron chi connectivity index (χ3n) is 3.34. The Kier molecular flexibility index (Phi) is 3.79. The molecule has 4 heteroatoms. The van der Waals surface area contributed by atoms with Crippen LogP contribution in [0.25, 0.3) is 22.2 Å². The van der Waals surface area contributed by atoms with Crippen molar-refractivity contribution in [3.05, 3.63) is 54.2 Å². The van der Waals surface area contributed by atoms with Gasteiger partial charge in [0, 0.05) is 25.8 Å². The third-order valence-corrected chi connectivity index (χ3v) is 3.34. The third kappa shape index (κ3) is 2.85. The molecule has 106 valence electrons. The fraction of sp³-hybridized carbons (Fsp3) is 0.176. The molecule has 0 amide bonds. The van der Waals surface area contributed by atoms with E-state index in [0.29, 0.717) is 12.4 Å². The van der Waals surface area contributed by atoms with Crippen LogP contribution < -0.4 is 5.32 Å². The van der Waals surface area contributed by atoms with E-state index in [-0.39, 0.29) is 0 Å². The summed E-state index contributed by atoms with van der Waals surface area (Å²) in [7, 11) is 3.51. The second kappa shape index (κ2) is 5.89. The minimum atomic E-state index is 0.470. The lowest BCUT2D eigenvalue weighted by molar-refractivity contribution is 0.181. The average Bonchev–Trinajstić information content (AvgIpc) is 2.54. The molecule has 0 spiro atoms. The zero-order valence-corrected chi connectivity index (χ0v) is 12.1. The molecular weight excluding hydrogens is 262 g/mol. The fourth-order valence-corrected chi connectivity index (χ4v) is 2.30. The van der Waals surface area contributed by atoms with E-state index in [0.717, 1.165) is 17.1 Å². The molecule has 0 bridgehead atoms. The van der Waals surface area contributed by atoms with Gasteiger partial charge in [-0.15, -0.1) is 0 Å². The van der Waals surface area contributed by atoms with E-state index in [4.69, 9.17) is 4.74 Å². The zero-order valence-electron chi connectivity index (χ0n) is 12.1. The number of methoxy groups -OCH3 is 1. The molecule has 0 aliphatic carbocycles. The van der Waals surface area contributed by atoms with Crippen molar-refractivity contribution in [1.29, 1.82) is 0 Å². The maximum atomic E-state index is 5.17. The largest absolute Gasteiger partial charge is 0.378 e. The van der Waals surface area contributed by atoms with E-state index in [1.807, 2.05) is 31.3 Å². The van der Waals surface area contributed by atoms with Crippen molar-refractivity contribution in [2.24, 2.45) is 0 Å². The molecule has 1 N–H and O–H groups in total. The summed E-state index contributed by atoms with van der Waals surface area (Å²) in [4.78, 5) is 9.11. The highest BCUT2D eigenvalue weighted by molar-refractivity contribution is 5.86. The highest BCUT2D eigenvalue weighted by atomic mass is 16.5. The normalized spacial score (nSPS) is 10.8. The summed E-state index contributed by atoms with van der Waals surface area (Å²) in [5.74, 6) is 1.50. The van der Waals surface area contributed by atoms with Crippen molar-refractivity contribution in [2.45, 2.75) is 6.61 Å². The maximum absolute atomic E-state index is 5.17. The van der Waals surface area contributed by atoms with Crippen LogP contribution in [0, 0.1) is 0 Å². The number of nitrogens with zero attached hydrogens (tertiary/aromatic N) is 2. The Morgan fingerprint density at radius 3 is 2.57 bits per heavy atom. The minimum Gasteiger partial charge on any atom is -0.378 e. The first-order valence-corrected chi connectivity index (χ1v) is 6.84. The molecule has 2 aromatic carbocycles. The van der Waals surface area contributed by atoms with Crippen LogP contribution in [0.2, 0.25) is 0 Å². The van der Waals surface area contributed by atoms with Gasteiger partial charge in [-0.3, -0.25) is 0 Å². The second-order valence-electron chi connectivity index (χ2n) is 4.81. The lowest BCUT2D eigenvalue weighted by Gasteiger charge is -2.08. The number of benzene rings is 2. The number of aromatic nitrogens is 2. The molecule has 4 nitrogen and oxygen atoms in total. The number of hydrogen-bond acceptors (Lipinski definition) is 4. The van der Waals surface area contributed by atoms with Crippen LogP contribution in [0.3, 0.4) is 0 Å². The molecule has 0 fully saturated rings. The van der Waals surface area contributed by atoms with Crippen molar-refractivity contribution >= 4 is 16.6 Å². The topological polar surface area (TPSA) is 47.0 Å². The quantitative estimate of drug-likeness (QED) is 0.794. The van der Waals surface area contributed by atoms with Gasteiger partial charge < -0.3 is 10.1 Å². The van der Waals surface area contributed by atoms with Crippen molar-refractivity contribution < 1.29 is 4.74 Å². The number of nitrogens with one attached hydrogen (secondary N) is 1. The van der Waals surface area contributed by atoms with Crippen LogP contribution in [0.1, 0.15) is 5.69 Å². The molecule has 1 heterocycles. The number of ether oxygens (including phenoxy) is 1. The first-order chi connectivity index (χ1) is 10.3. The summed E-state index contributed by atoms with van der Waals surface area (Å²) in [5.41, 5.74) is 1.86. The molecule has 0 saturated carbocycles. The van der Waals surface area contributed by atoms with Gasteiger partial charge in [-0.1, -0.05) is 36.4 Å². The second-order valence-corrected chi connectivity index (χ2v) is 4.81. The van der Waals surface area contributed by atoms with Crippen LogP contribution >= 0.6 is 0 Å². The van der Waals surface area contributed by atoms with Crippen molar-refractivity contribution in [3.63, 3.8) is 0 Å². The molecule has 0 radical (unpaired) electrons. The Hall–Kier alpha value is -2.46. The Morgan fingerprint density at radius 2 is 1.81 bits per heavy atom. The Labute approximate surface area is 123 Å². The SMILES string of the molecule is CNc1cc(COC)nc(-c2ccc3ccccc3c2)n1. The first-order valence-electron chi connectivity index (χ1n) is 6.84.